The molecule has 0 saturated heterocycles. The van der Waals surface area contributed by atoms with Crippen LogP contribution in [0.3, 0.4) is 0 Å². The van der Waals surface area contributed by atoms with Crippen LogP contribution in [0.15, 0.2) is 24.4 Å². The summed E-state index contributed by atoms with van der Waals surface area (Å²) in [6.07, 6.45) is 1.68. The van der Waals surface area contributed by atoms with Crippen LogP contribution >= 0.6 is 12.2 Å². The standard InChI is InChI=1S/C7H8N2OS/c1-10-7(11)9-6-4-2-3-5-8-6/h2-5H,1H3,(H,8,9,11). The van der Waals surface area contributed by atoms with E-state index in [1.165, 1.54) is 7.11 Å². The maximum absolute atomic E-state index is 4.76. The van der Waals surface area contributed by atoms with Crippen molar-refractivity contribution in [2.45, 2.75) is 0 Å². The zero-order chi connectivity index (χ0) is 8.10. The summed E-state index contributed by atoms with van der Waals surface area (Å²) >= 11 is 4.76. The van der Waals surface area contributed by atoms with Crippen molar-refractivity contribution in [2.75, 3.05) is 12.4 Å². The molecular formula is C7H8N2OS. The van der Waals surface area contributed by atoms with Gasteiger partial charge in [0.25, 0.3) is 5.17 Å². The van der Waals surface area contributed by atoms with E-state index in [2.05, 4.69) is 10.3 Å². The molecule has 3 nitrogen and oxygen atoms in total. The van der Waals surface area contributed by atoms with E-state index in [0.29, 0.717) is 11.0 Å². The van der Waals surface area contributed by atoms with E-state index in [9.17, 15) is 0 Å². The molecule has 1 heterocycles. The summed E-state index contributed by atoms with van der Waals surface area (Å²) in [6.45, 7) is 0. The topological polar surface area (TPSA) is 34.1 Å². The maximum atomic E-state index is 4.76. The molecule has 0 atom stereocenters. The Balaban J connectivity index is 2.58. The summed E-state index contributed by atoms with van der Waals surface area (Å²) in [7, 11) is 1.51. The van der Waals surface area contributed by atoms with E-state index in [1.54, 1.807) is 6.20 Å². The molecule has 0 unspecified atom stereocenters. The first-order valence-corrected chi connectivity index (χ1v) is 3.50. The Hall–Kier alpha value is -1.16. The Morgan fingerprint density at radius 1 is 1.64 bits per heavy atom. The van der Waals surface area contributed by atoms with Gasteiger partial charge in [0.2, 0.25) is 0 Å². The molecule has 0 spiro atoms. The van der Waals surface area contributed by atoms with E-state index in [-0.39, 0.29) is 0 Å². The fraction of sp³-hybridized carbons (Fsp3) is 0.143. The Bertz CT molecular complexity index is 237. The second-order valence-electron chi connectivity index (χ2n) is 1.83. The summed E-state index contributed by atoms with van der Waals surface area (Å²) in [5.41, 5.74) is 0. The largest absolute Gasteiger partial charge is 0.474 e. The van der Waals surface area contributed by atoms with Crippen LogP contribution in [0, 0.1) is 0 Å². The van der Waals surface area contributed by atoms with Crippen LogP contribution in [0.2, 0.25) is 0 Å². The van der Waals surface area contributed by atoms with E-state index in [1.807, 2.05) is 18.2 Å². The van der Waals surface area contributed by atoms with Gasteiger partial charge in [0, 0.05) is 6.20 Å². The van der Waals surface area contributed by atoms with Gasteiger partial charge in [-0.25, -0.2) is 4.98 Å². The molecule has 0 fully saturated rings. The molecule has 1 rings (SSSR count). The molecule has 11 heavy (non-hydrogen) atoms. The Labute approximate surface area is 70.4 Å². The third-order valence-electron chi connectivity index (χ3n) is 1.08. The predicted octanol–water partition coefficient (Wildman–Crippen LogP) is 1.42. The molecule has 0 aromatic carbocycles. The molecule has 4 heteroatoms. The van der Waals surface area contributed by atoms with E-state index in [4.69, 9.17) is 17.0 Å². The highest BCUT2D eigenvalue weighted by molar-refractivity contribution is 7.80. The number of nitrogens with zero attached hydrogens (tertiary/aromatic N) is 1. The molecular weight excluding hydrogens is 160 g/mol. The molecule has 0 aliphatic heterocycles. The highest BCUT2D eigenvalue weighted by atomic mass is 32.1. The molecule has 58 valence electrons. The van der Waals surface area contributed by atoms with Gasteiger partial charge in [-0.3, -0.25) is 0 Å². The van der Waals surface area contributed by atoms with Crippen molar-refractivity contribution in [1.82, 2.24) is 4.98 Å². The van der Waals surface area contributed by atoms with Crippen molar-refractivity contribution in [3.05, 3.63) is 24.4 Å². The van der Waals surface area contributed by atoms with Crippen molar-refractivity contribution in [3.8, 4) is 0 Å². The van der Waals surface area contributed by atoms with Gasteiger partial charge in [-0.05, 0) is 24.4 Å². The molecule has 0 radical (unpaired) electrons. The quantitative estimate of drug-likeness (QED) is 0.643. The average molecular weight is 168 g/mol. The van der Waals surface area contributed by atoms with Crippen molar-refractivity contribution in [2.24, 2.45) is 0 Å². The Kier molecular flexibility index (Phi) is 2.80. The number of hydrogen-bond donors (Lipinski definition) is 1. The van der Waals surface area contributed by atoms with Gasteiger partial charge in [0.1, 0.15) is 5.82 Å². The molecule has 0 aliphatic carbocycles. The lowest BCUT2D eigenvalue weighted by Gasteiger charge is -2.03. The van der Waals surface area contributed by atoms with Gasteiger partial charge in [-0.2, -0.15) is 0 Å². The Morgan fingerprint density at radius 2 is 2.45 bits per heavy atom. The normalized spacial score (nSPS) is 8.82. The summed E-state index contributed by atoms with van der Waals surface area (Å²) in [5, 5.41) is 3.11. The lowest BCUT2D eigenvalue weighted by molar-refractivity contribution is 0.413. The molecule has 0 bridgehead atoms. The number of ether oxygens (including phenoxy) is 1. The lowest BCUT2D eigenvalue weighted by Crippen LogP contribution is -2.11. The first kappa shape index (κ1) is 7.94. The number of hydrogen-bond acceptors (Lipinski definition) is 3. The van der Waals surface area contributed by atoms with Crippen LogP contribution < -0.4 is 5.32 Å². The highest BCUT2D eigenvalue weighted by Crippen LogP contribution is 1.99. The SMILES string of the molecule is COC(=S)Nc1ccccn1. The van der Waals surface area contributed by atoms with Crippen LogP contribution in [0.25, 0.3) is 0 Å². The summed E-state index contributed by atoms with van der Waals surface area (Å²) in [5.74, 6) is 0.694. The smallest absolute Gasteiger partial charge is 0.262 e. The number of pyridine rings is 1. The van der Waals surface area contributed by atoms with Crippen molar-refractivity contribution in [1.29, 1.82) is 0 Å². The molecule has 1 N–H and O–H groups in total. The number of thiocarbonyl (C=S) groups is 1. The van der Waals surface area contributed by atoms with Gasteiger partial charge in [-0.1, -0.05) is 6.07 Å². The van der Waals surface area contributed by atoms with Gasteiger partial charge in [0.05, 0.1) is 7.11 Å². The van der Waals surface area contributed by atoms with Gasteiger partial charge in [0.15, 0.2) is 0 Å². The third kappa shape index (κ3) is 2.51. The second kappa shape index (κ2) is 3.88. The fourth-order valence-corrected chi connectivity index (χ4v) is 0.697. The number of aromatic nitrogens is 1. The van der Waals surface area contributed by atoms with Gasteiger partial charge < -0.3 is 10.1 Å². The van der Waals surface area contributed by atoms with Crippen LogP contribution in [-0.4, -0.2) is 17.3 Å². The van der Waals surface area contributed by atoms with Crippen LogP contribution in [0.1, 0.15) is 0 Å². The van der Waals surface area contributed by atoms with Gasteiger partial charge in [-0.15, -0.1) is 0 Å². The maximum Gasteiger partial charge on any atom is 0.262 e. The summed E-state index contributed by atoms with van der Waals surface area (Å²) < 4.78 is 4.73. The molecule has 0 amide bonds. The zero-order valence-electron chi connectivity index (χ0n) is 6.07. The summed E-state index contributed by atoms with van der Waals surface area (Å²) in [4.78, 5) is 3.99. The summed E-state index contributed by atoms with van der Waals surface area (Å²) in [6, 6.07) is 5.51. The fourth-order valence-electron chi connectivity index (χ4n) is 0.592. The van der Waals surface area contributed by atoms with E-state index < -0.39 is 0 Å². The minimum atomic E-state index is 0.323. The monoisotopic (exact) mass is 168 g/mol. The number of rotatable bonds is 1. The number of nitrogens with one attached hydrogen (secondary N) is 1. The second-order valence-corrected chi connectivity index (χ2v) is 2.20. The predicted molar refractivity (Wildman–Crippen MR) is 47.5 cm³/mol. The minimum absolute atomic E-state index is 0.323. The van der Waals surface area contributed by atoms with Crippen LogP contribution in [-0.2, 0) is 4.74 Å². The van der Waals surface area contributed by atoms with Gasteiger partial charge >= 0.3 is 0 Å². The molecule has 1 aromatic heterocycles. The zero-order valence-corrected chi connectivity index (χ0v) is 6.89. The number of methoxy groups -OCH3 is 1. The van der Waals surface area contributed by atoms with E-state index >= 15 is 0 Å². The van der Waals surface area contributed by atoms with Crippen molar-refractivity contribution < 1.29 is 4.74 Å². The van der Waals surface area contributed by atoms with Crippen molar-refractivity contribution in [3.63, 3.8) is 0 Å². The van der Waals surface area contributed by atoms with E-state index in [0.717, 1.165) is 0 Å². The Morgan fingerprint density at radius 3 is 3.00 bits per heavy atom. The van der Waals surface area contributed by atoms with Crippen LogP contribution in [0.5, 0.6) is 0 Å². The minimum Gasteiger partial charge on any atom is -0.474 e. The first-order chi connectivity index (χ1) is 5.33. The van der Waals surface area contributed by atoms with Crippen molar-refractivity contribution >= 4 is 23.2 Å². The highest BCUT2D eigenvalue weighted by Gasteiger charge is 1.93. The third-order valence-corrected chi connectivity index (χ3v) is 1.35. The lowest BCUT2D eigenvalue weighted by atomic mass is 10.5. The molecule has 1 aromatic rings. The van der Waals surface area contributed by atoms with Crippen LogP contribution in [0.4, 0.5) is 5.82 Å². The number of anilines is 1. The average Bonchev–Trinajstić information content (AvgIpc) is 2.06. The molecule has 0 aliphatic rings. The molecule has 0 saturated carbocycles. The first-order valence-electron chi connectivity index (χ1n) is 3.09.